The maximum Gasteiger partial charge on any atom is 0.169 e. The molecule has 6 aromatic rings. The van der Waals surface area contributed by atoms with Crippen molar-refractivity contribution >= 4 is 39.1 Å². The molecule has 0 spiro atoms. The summed E-state index contributed by atoms with van der Waals surface area (Å²) in [6.45, 7) is 3.63. The van der Waals surface area contributed by atoms with Gasteiger partial charge in [0.2, 0.25) is 0 Å². The number of hydrogen-bond donors (Lipinski definition) is 2. The third kappa shape index (κ3) is 3.23. The van der Waals surface area contributed by atoms with Crippen LogP contribution in [0.2, 0.25) is 0 Å². The second kappa shape index (κ2) is 7.46. The van der Waals surface area contributed by atoms with Gasteiger partial charge in [-0.1, -0.05) is 0 Å². The number of pyridine rings is 3. The molecule has 0 aliphatic heterocycles. The van der Waals surface area contributed by atoms with Crippen LogP contribution in [0.4, 0.5) is 0 Å². The van der Waals surface area contributed by atoms with Crippen molar-refractivity contribution in [1.82, 2.24) is 30.1 Å². The molecule has 0 radical (unpaired) electrons. The Morgan fingerprint density at radius 1 is 0.970 bits per heavy atom. The Hall–Kier alpha value is -4.17. The number of aryl methyl sites for hydroxylation is 1. The van der Waals surface area contributed by atoms with Gasteiger partial charge in [-0.25, -0.2) is 4.98 Å². The van der Waals surface area contributed by atoms with E-state index in [1.165, 1.54) is 11.3 Å². The van der Waals surface area contributed by atoms with E-state index in [2.05, 4.69) is 31.2 Å². The van der Waals surface area contributed by atoms with Crippen molar-refractivity contribution < 1.29 is 4.79 Å². The number of fused-ring (bicyclic) bond motifs is 2. The van der Waals surface area contributed by atoms with Gasteiger partial charge in [-0.2, -0.15) is 5.10 Å². The average molecular weight is 451 g/mol. The molecule has 7 nitrogen and oxygen atoms in total. The van der Waals surface area contributed by atoms with Crippen molar-refractivity contribution in [3.8, 4) is 33.1 Å². The lowest BCUT2D eigenvalue weighted by Crippen LogP contribution is -1.89. The van der Waals surface area contributed by atoms with Gasteiger partial charge in [-0.15, -0.1) is 11.3 Å². The lowest BCUT2D eigenvalue weighted by Gasteiger charge is -2.04. The number of hydrogen-bond acceptors (Lipinski definition) is 6. The average Bonchev–Trinajstić information content (AvgIpc) is 3.56. The van der Waals surface area contributed by atoms with Crippen LogP contribution in [0.1, 0.15) is 22.2 Å². The van der Waals surface area contributed by atoms with Gasteiger partial charge < -0.3 is 4.98 Å². The largest absolute Gasteiger partial charge is 0.352 e. The molecule has 0 atom stereocenters. The summed E-state index contributed by atoms with van der Waals surface area (Å²) in [5.74, 6) is 0.0647. The number of rotatable bonds is 4. The highest BCUT2D eigenvalue weighted by molar-refractivity contribution is 7.17. The maximum atomic E-state index is 11.8. The zero-order valence-corrected chi connectivity index (χ0v) is 18.7. The summed E-state index contributed by atoms with van der Waals surface area (Å²) >= 11 is 1.48. The van der Waals surface area contributed by atoms with E-state index >= 15 is 0 Å². The highest BCUT2D eigenvalue weighted by Gasteiger charge is 2.17. The van der Waals surface area contributed by atoms with E-state index in [-0.39, 0.29) is 5.78 Å². The molecule has 0 unspecified atom stereocenters. The van der Waals surface area contributed by atoms with E-state index < -0.39 is 0 Å². The van der Waals surface area contributed by atoms with Crippen molar-refractivity contribution in [2.75, 3.05) is 0 Å². The van der Waals surface area contributed by atoms with Crippen LogP contribution in [0.25, 0.3) is 55.0 Å². The van der Waals surface area contributed by atoms with Crippen molar-refractivity contribution in [2.24, 2.45) is 0 Å². The smallest absolute Gasteiger partial charge is 0.169 e. The van der Waals surface area contributed by atoms with Gasteiger partial charge in [-0.05, 0) is 55.8 Å². The minimum Gasteiger partial charge on any atom is -0.352 e. The Morgan fingerprint density at radius 2 is 1.85 bits per heavy atom. The summed E-state index contributed by atoms with van der Waals surface area (Å²) in [5, 5.41) is 8.66. The number of nitrogens with zero attached hydrogens (tertiary/aromatic N) is 4. The van der Waals surface area contributed by atoms with Gasteiger partial charge in [0.05, 0.1) is 33.5 Å². The lowest BCUT2D eigenvalue weighted by molar-refractivity contribution is 0.102. The molecule has 0 amide bonds. The molecule has 0 saturated heterocycles. The predicted octanol–water partition coefficient (Wildman–Crippen LogP) is 5.80. The monoisotopic (exact) mass is 450 g/mol. The van der Waals surface area contributed by atoms with Crippen molar-refractivity contribution in [3.05, 3.63) is 71.6 Å². The van der Waals surface area contributed by atoms with Gasteiger partial charge in [0.25, 0.3) is 0 Å². The molecular formula is C25H18N6OS. The Morgan fingerprint density at radius 3 is 2.67 bits per heavy atom. The molecule has 0 aromatic carbocycles. The number of carbonyl (C=O) groups is 1. The Bertz CT molecular complexity index is 1680. The molecule has 0 saturated carbocycles. The second-order valence-electron chi connectivity index (χ2n) is 7.91. The normalized spacial score (nSPS) is 11.5. The molecule has 33 heavy (non-hydrogen) atoms. The molecule has 0 fully saturated rings. The third-order valence-electron chi connectivity index (χ3n) is 5.74. The summed E-state index contributed by atoms with van der Waals surface area (Å²) in [7, 11) is 0. The van der Waals surface area contributed by atoms with Crippen molar-refractivity contribution in [2.45, 2.75) is 13.8 Å². The van der Waals surface area contributed by atoms with E-state index in [9.17, 15) is 4.79 Å². The second-order valence-corrected chi connectivity index (χ2v) is 8.99. The molecule has 160 valence electrons. The van der Waals surface area contributed by atoms with E-state index in [1.54, 1.807) is 19.3 Å². The summed E-state index contributed by atoms with van der Waals surface area (Å²) in [6.07, 6.45) is 7.25. The summed E-state index contributed by atoms with van der Waals surface area (Å²) in [6, 6.07) is 11.8. The van der Waals surface area contributed by atoms with E-state index in [0.29, 0.717) is 0 Å². The molecule has 6 aromatic heterocycles. The number of carbonyl (C=O) groups excluding carboxylic acids is 1. The highest BCUT2D eigenvalue weighted by atomic mass is 32.1. The fraction of sp³-hybridized carbons (Fsp3) is 0.0800. The number of thiophene rings is 1. The SMILES string of the molecule is CC(=O)c1ccc(-c2cncc3[nH]c(-c4n[nH]c5ccc(-c6cnccc6C)nc45)cc23)s1. The summed E-state index contributed by atoms with van der Waals surface area (Å²) < 4.78 is 0. The molecule has 0 aliphatic rings. The first-order valence-corrected chi connectivity index (χ1v) is 11.2. The van der Waals surface area contributed by atoms with Gasteiger partial charge in [0.1, 0.15) is 11.2 Å². The van der Waals surface area contributed by atoms with Crippen LogP contribution in [0, 0.1) is 6.92 Å². The maximum absolute atomic E-state index is 11.8. The molecular weight excluding hydrogens is 432 g/mol. The van der Waals surface area contributed by atoms with Crippen molar-refractivity contribution in [1.29, 1.82) is 0 Å². The van der Waals surface area contributed by atoms with Crippen LogP contribution in [0.3, 0.4) is 0 Å². The molecule has 0 bridgehead atoms. The van der Waals surface area contributed by atoms with Crippen molar-refractivity contribution in [3.63, 3.8) is 0 Å². The fourth-order valence-electron chi connectivity index (χ4n) is 4.02. The number of aromatic amines is 2. The van der Waals surface area contributed by atoms with Gasteiger partial charge in [0.15, 0.2) is 5.78 Å². The Balaban J connectivity index is 1.49. The number of nitrogens with one attached hydrogen (secondary N) is 2. The number of H-pyrrole nitrogens is 2. The van der Waals surface area contributed by atoms with Crippen LogP contribution >= 0.6 is 11.3 Å². The molecule has 0 aliphatic carbocycles. The molecule has 6 rings (SSSR count). The first-order chi connectivity index (χ1) is 16.1. The minimum atomic E-state index is 0.0647. The van der Waals surface area contributed by atoms with Crippen LogP contribution in [-0.4, -0.2) is 35.9 Å². The van der Waals surface area contributed by atoms with Gasteiger partial charge >= 0.3 is 0 Å². The lowest BCUT2D eigenvalue weighted by atomic mass is 10.1. The highest BCUT2D eigenvalue weighted by Crippen LogP contribution is 2.36. The van der Waals surface area contributed by atoms with Crippen LogP contribution in [-0.2, 0) is 0 Å². The zero-order valence-electron chi connectivity index (χ0n) is 17.9. The number of ketones is 1. The van der Waals surface area contributed by atoms with Crippen LogP contribution in [0.15, 0.2) is 61.2 Å². The van der Waals surface area contributed by atoms with E-state index in [1.807, 2.05) is 49.6 Å². The Labute approximate surface area is 192 Å². The number of aromatic nitrogens is 6. The van der Waals surface area contributed by atoms with Gasteiger partial charge in [0, 0.05) is 40.0 Å². The molecule has 8 heteroatoms. The minimum absolute atomic E-state index is 0.0647. The third-order valence-corrected chi connectivity index (χ3v) is 6.96. The molecule has 6 heterocycles. The topological polar surface area (TPSA) is 100 Å². The first kappa shape index (κ1) is 19.5. The fourth-order valence-corrected chi connectivity index (χ4v) is 4.94. The standard InChI is InChI=1S/C25H18N6OS/c1-13-7-8-26-10-16(13)18-3-4-19-24(29-18)25(31-30-19)20-9-15-17(11-27-12-21(15)28-20)23-6-5-22(33-23)14(2)32/h3-12,28H,1-2H3,(H,30,31). The molecule has 2 N–H and O–H groups in total. The summed E-state index contributed by atoms with van der Waals surface area (Å²) in [4.78, 5) is 30.5. The first-order valence-electron chi connectivity index (χ1n) is 10.4. The van der Waals surface area contributed by atoms with Crippen LogP contribution in [0.5, 0.6) is 0 Å². The Kier molecular flexibility index (Phi) is 4.41. The van der Waals surface area contributed by atoms with E-state index in [0.717, 1.165) is 65.5 Å². The summed E-state index contributed by atoms with van der Waals surface area (Å²) in [5.41, 5.74) is 8.07. The van der Waals surface area contributed by atoms with Gasteiger partial charge in [-0.3, -0.25) is 19.9 Å². The zero-order chi connectivity index (χ0) is 22.5. The predicted molar refractivity (Wildman–Crippen MR) is 130 cm³/mol. The van der Waals surface area contributed by atoms with Crippen LogP contribution < -0.4 is 0 Å². The number of Topliss-reactive ketones (excluding diaryl/α,β-unsaturated/α-hetero) is 1. The van der Waals surface area contributed by atoms with E-state index in [4.69, 9.17) is 4.98 Å². The quantitative estimate of drug-likeness (QED) is 0.331.